The number of ketones is 1. The minimum atomic E-state index is -0.161. The molecule has 21 heavy (non-hydrogen) atoms. The zero-order chi connectivity index (χ0) is 14.8. The predicted octanol–water partition coefficient (Wildman–Crippen LogP) is 1.74. The highest BCUT2D eigenvalue weighted by Crippen LogP contribution is 2.22. The van der Waals surface area contributed by atoms with Crippen molar-refractivity contribution in [3.8, 4) is 5.75 Å². The molecule has 0 saturated heterocycles. The second-order valence-corrected chi connectivity index (χ2v) is 5.00. The third-order valence-corrected chi connectivity index (χ3v) is 3.59. The Balaban J connectivity index is 1.82. The van der Waals surface area contributed by atoms with Gasteiger partial charge in [0.2, 0.25) is 0 Å². The maximum atomic E-state index is 12.5. The Hall–Kier alpha value is -2.56. The van der Waals surface area contributed by atoms with Gasteiger partial charge in [0, 0.05) is 13.2 Å². The van der Waals surface area contributed by atoms with E-state index in [1.165, 1.54) is 0 Å². The number of hydrogen-bond acceptors (Lipinski definition) is 3. The summed E-state index contributed by atoms with van der Waals surface area (Å²) in [6.07, 6.45) is 1.82. The number of para-hydroxylation sites is 1. The lowest BCUT2D eigenvalue weighted by atomic mass is 10.1. The van der Waals surface area contributed by atoms with E-state index in [0.29, 0.717) is 30.2 Å². The molecule has 0 radical (unpaired) electrons. The second kappa shape index (κ2) is 5.44. The maximum absolute atomic E-state index is 12.5. The van der Waals surface area contributed by atoms with Crippen molar-refractivity contribution in [2.45, 2.75) is 0 Å². The number of carbonyl (C=O) groups is 2. The fourth-order valence-corrected chi connectivity index (χ4v) is 2.46. The van der Waals surface area contributed by atoms with E-state index in [9.17, 15) is 9.59 Å². The highest BCUT2D eigenvalue weighted by Gasteiger charge is 2.25. The molecular formula is C16H16N2O3. The molecule has 1 aliphatic heterocycles. The zero-order valence-corrected chi connectivity index (χ0v) is 11.8. The molecule has 0 aliphatic carbocycles. The van der Waals surface area contributed by atoms with E-state index in [2.05, 4.69) is 0 Å². The smallest absolute Gasteiger partial charge is 0.258 e. The van der Waals surface area contributed by atoms with Gasteiger partial charge in [0.15, 0.2) is 5.78 Å². The number of hydrogen-bond donors (Lipinski definition) is 0. The van der Waals surface area contributed by atoms with Crippen LogP contribution < -0.4 is 4.74 Å². The lowest BCUT2D eigenvalue weighted by molar-refractivity contribution is 0.0706. The van der Waals surface area contributed by atoms with Gasteiger partial charge in [0.25, 0.3) is 5.91 Å². The lowest BCUT2D eigenvalue weighted by Crippen LogP contribution is -2.37. The Labute approximate surface area is 122 Å². The molecule has 1 amide bonds. The SMILES string of the molecule is Cn1cccc1C(=O)CN1CCOc2ccccc2C1=O. The monoisotopic (exact) mass is 284 g/mol. The van der Waals surface area contributed by atoms with Crippen molar-refractivity contribution in [2.24, 2.45) is 7.05 Å². The number of nitrogens with zero attached hydrogens (tertiary/aromatic N) is 2. The van der Waals surface area contributed by atoms with Crippen LogP contribution in [-0.2, 0) is 7.05 Å². The minimum absolute atomic E-state index is 0.0639. The van der Waals surface area contributed by atoms with Crippen LogP contribution in [0.4, 0.5) is 0 Å². The van der Waals surface area contributed by atoms with Crippen LogP contribution in [0.2, 0.25) is 0 Å². The van der Waals surface area contributed by atoms with Crippen LogP contribution in [0.3, 0.4) is 0 Å². The molecule has 2 heterocycles. The zero-order valence-electron chi connectivity index (χ0n) is 11.8. The highest BCUT2D eigenvalue weighted by atomic mass is 16.5. The molecule has 0 N–H and O–H groups in total. The molecule has 108 valence electrons. The largest absolute Gasteiger partial charge is 0.491 e. The van der Waals surface area contributed by atoms with Crippen molar-refractivity contribution in [3.63, 3.8) is 0 Å². The second-order valence-electron chi connectivity index (χ2n) is 5.00. The normalized spacial score (nSPS) is 14.3. The molecule has 5 nitrogen and oxygen atoms in total. The third kappa shape index (κ3) is 2.54. The predicted molar refractivity (Wildman–Crippen MR) is 77.6 cm³/mol. The summed E-state index contributed by atoms with van der Waals surface area (Å²) < 4.78 is 7.33. The molecule has 0 saturated carbocycles. The first-order chi connectivity index (χ1) is 10.2. The van der Waals surface area contributed by atoms with Crippen molar-refractivity contribution in [1.82, 2.24) is 9.47 Å². The van der Waals surface area contributed by atoms with Gasteiger partial charge in [-0.25, -0.2) is 0 Å². The van der Waals surface area contributed by atoms with Gasteiger partial charge in [-0.2, -0.15) is 0 Å². The summed E-state index contributed by atoms with van der Waals surface area (Å²) in [5.74, 6) is 0.345. The fourth-order valence-electron chi connectivity index (χ4n) is 2.46. The van der Waals surface area contributed by atoms with Crippen LogP contribution in [0.5, 0.6) is 5.75 Å². The lowest BCUT2D eigenvalue weighted by Gasteiger charge is -2.19. The van der Waals surface area contributed by atoms with Gasteiger partial charge in [-0.1, -0.05) is 12.1 Å². The Morgan fingerprint density at radius 1 is 1.24 bits per heavy atom. The van der Waals surface area contributed by atoms with Crippen LogP contribution in [0, 0.1) is 0 Å². The van der Waals surface area contributed by atoms with Gasteiger partial charge in [-0.3, -0.25) is 9.59 Å². The first-order valence-corrected chi connectivity index (χ1v) is 6.82. The van der Waals surface area contributed by atoms with E-state index >= 15 is 0 Å². The average molecular weight is 284 g/mol. The Kier molecular flexibility index (Phi) is 3.48. The summed E-state index contributed by atoms with van der Waals surface area (Å²) in [5.41, 5.74) is 1.11. The van der Waals surface area contributed by atoms with Gasteiger partial charge in [-0.15, -0.1) is 0 Å². The van der Waals surface area contributed by atoms with Crippen molar-refractivity contribution in [1.29, 1.82) is 0 Å². The number of rotatable bonds is 3. The number of aryl methyl sites for hydroxylation is 1. The van der Waals surface area contributed by atoms with E-state index in [1.54, 1.807) is 33.7 Å². The molecule has 5 heteroatoms. The Morgan fingerprint density at radius 3 is 2.81 bits per heavy atom. The number of ether oxygens (including phenoxy) is 1. The standard InChI is InChI=1S/C16H16N2O3/c1-17-8-4-6-13(17)14(19)11-18-9-10-21-15-7-3-2-5-12(15)16(18)20/h2-8H,9-11H2,1H3. The molecule has 0 fully saturated rings. The third-order valence-electron chi connectivity index (χ3n) is 3.59. The number of fused-ring (bicyclic) bond motifs is 1. The topological polar surface area (TPSA) is 51.5 Å². The first kappa shape index (κ1) is 13.4. The van der Waals surface area contributed by atoms with Gasteiger partial charge in [0.05, 0.1) is 24.3 Å². The van der Waals surface area contributed by atoms with Crippen LogP contribution in [-0.4, -0.2) is 40.9 Å². The first-order valence-electron chi connectivity index (χ1n) is 6.82. The van der Waals surface area contributed by atoms with Gasteiger partial charge < -0.3 is 14.2 Å². The van der Waals surface area contributed by atoms with Crippen molar-refractivity contribution >= 4 is 11.7 Å². The van der Waals surface area contributed by atoms with Crippen LogP contribution in [0.25, 0.3) is 0 Å². The number of benzene rings is 1. The van der Waals surface area contributed by atoms with E-state index in [0.717, 1.165) is 0 Å². The molecule has 0 spiro atoms. The number of amides is 1. The quantitative estimate of drug-likeness (QED) is 0.807. The number of carbonyl (C=O) groups excluding carboxylic acids is 2. The number of aromatic nitrogens is 1. The van der Waals surface area contributed by atoms with Gasteiger partial charge >= 0.3 is 0 Å². The molecule has 2 aromatic rings. The summed E-state index contributed by atoms with van der Waals surface area (Å²) >= 11 is 0. The van der Waals surface area contributed by atoms with Crippen molar-refractivity contribution < 1.29 is 14.3 Å². The molecule has 0 unspecified atom stereocenters. The minimum Gasteiger partial charge on any atom is -0.491 e. The number of Topliss-reactive ketones (excluding diaryl/α,β-unsaturated/α-hetero) is 1. The van der Waals surface area contributed by atoms with E-state index < -0.39 is 0 Å². The van der Waals surface area contributed by atoms with Crippen LogP contribution in [0.1, 0.15) is 20.8 Å². The Bertz CT molecular complexity index is 690. The molecule has 3 rings (SSSR count). The van der Waals surface area contributed by atoms with E-state index in [1.807, 2.05) is 25.4 Å². The molecule has 1 aliphatic rings. The average Bonchev–Trinajstić information content (AvgIpc) is 2.85. The van der Waals surface area contributed by atoms with Gasteiger partial charge in [0.1, 0.15) is 12.4 Å². The Morgan fingerprint density at radius 2 is 2.05 bits per heavy atom. The van der Waals surface area contributed by atoms with Crippen LogP contribution in [0.15, 0.2) is 42.6 Å². The molecule has 0 bridgehead atoms. The summed E-state index contributed by atoms with van der Waals surface area (Å²) in [7, 11) is 1.82. The molecule has 1 aromatic heterocycles. The van der Waals surface area contributed by atoms with Gasteiger partial charge in [-0.05, 0) is 24.3 Å². The summed E-state index contributed by atoms with van der Waals surface area (Å²) in [6.45, 7) is 0.862. The van der Waals surface area contributed by atoms with E-state index in [4.69, 9.17) is 4.74 Å². The molecular weight excluding hydrogens is 268 g/mol. The molecule has 1 aromatic carbocycles. The van der Waals surface area contributed by atoms with Crippen LogP contribution >= 0.6 is 0 Å². The summed E-state index contributed by atoms with van der Waals surface area (Å²) in [6, 6.07) is 10.7. The molecule has 0 atom stereocenters. The van der Waals surface area contributed by atoms with Crippen molar-refractivity contribution in [3.05, 3.63) is 53.9 Å². The fraction of sp³-hybridized carbons (Fsp3) is 0.250. The maximum Gasteiger partial charge on any atom is 0.258 e. The van der Waals surface area contributed by atoms with Crippen molar-refractivity contribution in [2.75, 3.05) is 19.7 Å². The van der Waals surface area contributed by atoms with E-state index in [-0.39, 0.29) is 18.2 Å². The summed E-state index contributed by atoms with van der Waals surface area (Å²) in [4.78, 5) is 26.4. The summed E-state index contributed by atoms with van der Waals surface area (Å²) in [5, 5.41) is 0. The highest BCUT2D eigenvalue weighted by molar-refractivity contribution is 6.02.